The molecular weight excluding hydrogens is 198 g/mol. The topological polar surface area (TPSA) is 12.5 Å². The summed E-state index contributed by atoms with van der Waals surface area (Å²) in [5.41, 5.74) is 0. The molecule has 0 aromatic heterocycles. The van der Waals surface area contributed by atoms with Gasteiger partial charge in [-0.05, 0) is 44.2 Å². The van der Waals surface area contributed by atoms with Crippen molar-refractivity contribution in [2.75, 3.05) is 19.7 Å². The normalized spacial score (nSPS) is 37.2. The second-order valence-electron chi connectivity index (χ2n) is 5.13. The Kier molecular flexibility index (Phi) is 4.04. The summed E-state index contributed by atoms with van der Waals surface area (Å²) in [7, 11) is 0. The van der Waals surface area contributed by atoms with Gasteiger partial charge in [-0.15, -0.1) is 6.58 Å². The molecule has 0 N–H and O–H groups in total. The molecule has 0 radical (unpaired) electrons. The molecule has 2 aliphatic rings. The molecule has 2 rings (SSSR count). The van der Waals surface area contributed by atoms with Crippen molar-refractivity contribution in [1.29, 1.82) is 0 Å². The smallest absolute Gasteiger partial charge is 0.0765 e. The number of fused-ring (bicyclic) bond motifs is 2. The van der Waals surface area contributed by atoms with Crippen molar-refractivity contribution in [3.63, 3.8) is 0 Å². The van der Waals surface area contributed by atoms with Crippen molar-refractivity contribution in [3.05, 3.63) is 12.7 Å². The maximum atomic E-state index is 6.02. The van der Waals surface area contributed by atoms with E-state index in [-0.39, 0.29) is 0 Å². The van der Waals surface area contributed by atoms with Crippen molar-refractivity contribution in [2.24, 2.45) is 11.8 Å². The highest BCUT2D eigenvalue weighted by Crippen LogP contribution is 2.48. The van der Waals surface area contributed by atoms with E-state index >= 15 is 0 Å². The molecular formula is C14H25NO. The zero-order chi connectivity index (χ0) is 11.5. The zero-order valence-corrected chi connectivity index (χ0v) is 10.7. The van der Waals surface area contributed by atoms with Crippen LogP contribution in [0.1, 0.15) is 33.1 Å². The molecule has 92 valence electrons. The maximum absolute atomic E-state index is 6.02. The summed E-state index contributed by atoms with van der Waals surface area (Å²) in [5.74, 6) is 1.70. The SMILES string of the molecule is C=CCOC1C2CCC(C2)C1N(CC)CC. The third kappa shape index (κ3) is 2.05. The largest absolute Gasteiger partial charge is 0.372 e. The summed E-state index contributed by atoms with van der Waals surface area (Å²) in [6.07, 6.45) is 6.54. The Morgan fingerprint density at radius 3 is 2.56 bits per heavy atom. The van der Waals surface area contributed by atoms with E-state index in [9.17, 15) is 0 Å². The van der Waals surface area contributed by atoms with Gasteiger partial charge in [0.15, 0.2) is 0 Å². The van der Waals surface area contributed by atoms with Crippen LogP contribution in [0.2, 0.25) is 0 Å². The number of nitrogens with zero attached hydrogens (tertiary/aromatic N) is 1. The van der Waals surface area contributed by atoms with Crippen LogP contribution < -0.4 is 0 Å². The molecule has 0 spiro atoms. The number of likely N-dealkylation sites (N-methyl/N-ethyl adjacent to an activating group) is 1. The van der Waals surface area contributed by atoms with Crippen molar-refractivity contribution in [1.82, 2.24) is 4.90 Å². The molecule has 0 heterocycles. The first-order valence-corrected chi connectivity index (χ1v) is 6.78. The Morgan fingerprint density at radius 2 is 1.94 bits per heavy atom. The summed E-state index contributed by atoms with van der Waals surface area (Å²) >= 11 is 0. The van der Waals surface area contributed by atoms with Crippen LogP contribution in [0.25, 0.3) is 0 Å². The minimum atomic E-state index is 0.469. The van der Waals surface area contributed by atoms with Gasteiger partial charge in [0, 0.05) is 6.04 Å². The highest BCUT2D eigenvalue weighted by Gasteiger charge is 2.49. The molecule has 0 saturated heterocycles. The first kappa shape index (κ1) is 12.1. The second-order valence-corrected chi connectivity index (χ2v) is 5.13. The van der Waals surface area contributed by atoms with Gasteiger partial charge >= 0.3 is 0 Å². The molecule has 0 aromatic carbocycles. The number of hydrogen-bond donors (Lipinski definition) is 0. The first-order chi connectivity index (χ1) is 7.81. The Bertz CT molecular complexity index is 237. The molecule has 2 bridgehead atoms. The van der Waals surface area contributed by atoms with Crippen molar-refractivity contribution in [3.8, 4) is 0 Å². The van der Waals surface area contributed by atoms with Gasteiger partial charge in [-0.25, -0.2) is 0 Å². The van der Waals surface area contributed by atoms with E-state index in [0.29, 0.717) is 18.8 Å². The molecule has 2 fully saturated rings. The van der Waals surface area contributed by atoms with E-state index in [2.05, 4.69) is 25.3 Å². The lowest BCUT2D eigenvalue weighted by Gasteiger charge is -2.38. The fraction of sp³-hybridized carbons (Fsp3) is 0.857. The van der Waals surface area contributed by atoms with Crippen LogP contribution in [-0.2, 0) is 4.74 Å². The van der Waals surface area contributed by atoms with Gasteiger partial charge in [0.1, 0.15) is 0 Å². The van der Waals surface area contributed by atoms with Gasteiger partial charge in [0.2, 0.25) is 0 Å². The summed E-state index contributed by atoms with van der Waals surface area (Å²) in [6, 6.07) is 0.675. The number of hydrogen-bond acceptors (Lipinski definition) is 2. The summed E-state index contributed by atoms with van der Waals surface area (Å²) in [4.78, 5) is 2.59. The molecule has 2 saturated carbocycles. The number of ether oxygens (including phenoxy) is 1. The Balaban J connectivity index is 2.04. The van der Waals surface area contributed by atoms with E-state index in [1.165, 1.54) is 19.3 Å². The Morgan fingerprint density at radius 1 is 1.25 bits per heavy atom. The third-order valence-corrected chi connectivity index (χ3v) is 4.44. The van der Waals surface area contributed by atoms with E-state index < -0.39 is 0 Å². The fourth-order valence-electron chi connectivity index (χ4n) is 3.77. The van der Waals surface area contributed by atoms with E-state index in [1.807, 2.05) is 6.08 Å². The molecule has 0 amide bonds. The van der Waals surface area contributed by atoms with Crippen LogP contribution in [-0.4, -0.2) is 36.7 Å². The van der Waals surface area contributed by atoms with Gasteiger partial charge in [-0.1, -0.05) is 19.9 Å². The van der Waals surface area contributed by atoms with E-state index in [0.717, 1.165) is 24.9 Å². The zero-order valence-electron chi connectivity index (χ0n) is 10.7. The first-order valence-electron chi connectivity index (χ1n) is 6.78. The molecule has 2 aliphatic carbocycles. The third-order valence-electron chi connectivity index (χ3n) is 4.44. The van der Waals surface area contributed by atoms with Gasteiger partial charge < -0.3 is 4.74 Å². The highest BCUT2D eigenvalue weighted by atomic mass is 16.5. The monoisotopic (exact) mass is 223 g/mol. The Hall–Kier alpha value is -0.340. The minimum absolute atomic E-state index is 0.469. The van der Waals surface area contributed by atoms with E-state index in [4.69, 9.17) is 4.74 Å². The van der Waals surface area contributed by atoms with Crippen LogP contribution in [0.3, 0.4) is 0 Å². The Labute approximate surface area is 99.7 Å². The van der Waals surface area contributed by atoms with Crippen molar-refractivity contribution in [2.45, 2.75) is 45.3 Å². The lowest BCUT2D eigenvalue weighted by Crippen LogP contribution is -2.48. The van der Waals surface area contributed by atoms with Crippen molar-refractivity contribution >= 4 is 0 Å². The average Bonchev–Trinajstić information content (AvgIpc) is 2.89. The summed E-state index contributed by atoms with van der Waals surface area (Å²) in [6.45, 7) is 11.3. The van der Waals surface area contributed by atoms with Gasteiger partial charge in [0.25, 0.3) is 0 Å². The van der Waals surface area contributed by atoms with Crippen LogP contribution in [0.4, 0.5) is 0 Å². The molecule has 2 heteroatoms. The second kappa shape index (κ2) is 5.33. The highest BCUT2D eigenvalue weighted by molar-refractivity contribution is 5.02. The van der Waals surface area contributed by atoms with Crippen LogP contribution in [0, 0.1) is 11.8 Å². The van der Waals surface area contributed by atoms with Gasteiger partial charge in [0.05, 0.1) is 12.7 Å². The molecule has 0 aromatic rings. The number of rotatable bonds is 6. The minimum Gasteiger partial charge on any atom is -0.372 e. The molecule has 4 unspecified atom stereocenters. The lowest BCUT2D eigenvalue weighted by molar-refractivity contribution is -0.0296. The molecule has 16 heavy (non-hydrogen) atoms. The molecule has 0 aliphatic heterocycles. The average molecular weight is 223 g/mol. The maximum Gasteiger partial charge on any atom is 0.0765 e. The molecule has 4 atom stereocenters. The van der Waals surface area contributed by atoms with E-state index in [1.54, 1.807) is 0 Å². The molecule has 2 nitrogen and oxygen atoms in total. The van der Waals surface area contributed by atoms with Crippen LogP contribution in [0.15, 0.2) is 12.7 Å². The fourth-order valence-corrected chi connectivity index (χ4v) is 3.77. The van der Waals surface area contributed by atoms with Crippen LogP contribution >= 0.6 is 0 Å². The predicted molar refractivity (Wildman–Crippen MR) is 67.5 cm³/mol. The van der Waals surface area contributed by atoms with Gasteiger partial charge in [-0.2, -0.15) is 0 Å². The lowest BCUT2D eigenvalue weighted by atomic mass is 9.91. The quantitative estimate of drug-likeness (QED) is 0.642. The van der Waals surface area contributed by atoms with Crippen LogP contribution in [0.5, 0.6) is 0 Å². The predicted octanol–water partition coefficient (Wildman–Crippen LogP) is 2.70. The summed E-state index contributed by atoms with van der Waals surface area (Å²) in [5, 5.41) is 0. The van der Waals surface area contributed by atoms with Crippen molar-refractivity contribution < 1.29 is 4.74 Å². The standard InChI is InChI=1S/C14H25NO/c1-4-9-16-14-12-8-7-11(10-12)13(14)15(5-2)6-3/h4,11-14H,1,5-10H2,2-3H3. The van der Waals surface area contributed by atoms with Gasteiger partial charge in [-0.3, -0.25) is 4.90 Å². The summed E-state index contributed by atoms with van der Waals surface area (Å²) < 4.78 is 6.02.